The van der Waals surface area contributed by atoms with Crippen LogP contribution >= 0.6 is 0 Å². The minimum atomic E-state index is -0.175. The molecule has 1 aromatic carbocycles. The second-order valence-electron chi connectivity index (χ2n) is 4.05. The Labute approximate surface area is 103 Å². The molecule has 1 atom stereocenters. The quantitative estimate of drug-likeness (QED) is 0.744. The summed E-state index contributed by atoms with van der Waals surface area (Å²) in [5.41, 5.74) is 1.17. The van der Waals surface area contributed by atoms with Crippen molar-refractivity contribution in [1.29, 1.82) is 0 Å². The maximum atomic E-state index is 12.8. The van der Waals surface area contributed by atoms with Crippen LogP contribution in [0.3, 0.4) is 0 Å². The molecule has 0 fully saturated rings. The van der Waals surface area contributed by atoms with Crippen molar-refractivity contribution in [1.82, 2.24) is 5.32 Å². The van der Waals surface area contributed by atoms with Crippen LogP contribution in [-0.2, 0) is 6.42 Å². The van der Waals surface area contributed by atoms with E-state index in [0.717, 1.165) is 25.8 Å². The summed E-state index contributed by atoms with van der Waals surface area (Å²) in [5, 5.41) is 3.44. The highest BCUT2D eigenvalue weighted by atomic mass is 19.1. The van der Waals surface area contributed by atoms with Crippen LogP contribution < -0.4 is 5.32 Å². The van der Waals surface area contributed by atoms with Crippen LogP contribution in [0.2, 0.25) is 0 Å². The molecule has 1 N–H and O–H groups in total. The van der Waals surface area contributed by atoms with Gasteiger partial charge in [0.05, 0.1) is 0 Å². The van der Waals surface area contributed by atoms with Gasteiger partial charge in [-0.05, 0) is 44.0 Å². The van der Waals surface area contributed by atoms with Crippen molar-refractivity contribution in [2.24, 2.45) is 0 Å². The summed E-state index contributed by atoms with van der Waals surface area (Å²) in [6.07, 6.45) is 2.88. The Morgan fingerprint density at radius 3 is 2.59 bits per heavy atom. The van der Waals surface area contributed by atoms with E-state index in [-0.39, 0.29) is 5.82 Å². The molecule has 0 aliphatic carbocycles. The molecule has 0 bridgehead atoms. The fraction of sp³-hybridized carbons (Fsp3) is 0.467. The van der Waals surface area contributed by atoms with Gasteiger partial charge in [-0.2, -0.15) is 0 Å². The molecule has 0 heterocycles. The third kappa shape index (κ3) is 5.51. The van der Waals surface area contributed by atoms with Crippen LogP contribution in [0.1, 0.15) is 32.3 Å². The van der Waals surface area contributed by atoms with Crippen molar-refractivity contribution in [2.45, 2.75) is 39.2 Å². The summed E-state index contributed by atoms with van der Waals surface area (Å²) in [6, 6.07) is 7.16. The van der Waals surface area contributed by atoms with Crippen molar-refractivity contribution in [3.05, 3.63) is 35.6 Å². The number of rotatable bonds is 6. The first-order valence-electron chi connectivity index (χ1n) is 6.13. The van der Waals surface area contributed by atoms with Gasteiger partial charge in [-0.3, -0.25) is 0 Å². The van der Waals surface area contributed by atoms with Gasteiger partial charge in [0.2, 0.25) is 0 Å². The predicted molar refractivity (Wildman–Crippen MR) is 70.3 cm³/mol. The monoisotopic (exact) mass is 233 g/mol. The summed E-state index contributed by atoms with van der Waals surface area (Å²) in [5.74, 6) is 5.82. The Hall–Kier alpha value is -1.33. The molecule has 1 nitrogen and oxygen atoms in total. The molecule has 0 aliphatic heterocycles. The van der Waals surface area contributed by atoms with Gasteiger partial charge in [-0.15, -0.1) is 11.8 Å². The first-order valence-corrected chi connectivity index (χ1v) is 6.13. The Bertz CT molecular complexity index is 372. The lowest BCUT2D eigenvalue weighted by molar-refractivity contribution is 0.497. The fourth-order valence-corrected chi connectivity index (χ4v) is 1.84. The van der Waals surface area contributed by atoms with E-state index in [2.05, 4.69) is 24.1 Å². The lowest BCUT2D eigenvalue weighted by Crippen LogP contribution is -2.30. The van der Waals surface area contributed by atoms with Crippen molar-refractivity contribution in [2.75, 3.05) is 6.54 Å². The molecule has 1 rings (SSSR count). The summed E-state index contributed by atoms with van der Waals surface area (Å²) in [6.45, 7) is 4.91. The van der Waals surface area contributed by atoms with Crippen molar-refractivity contribution in [3.63, 3.8) is 0 Å². The predicted octanol–water partition coefficient (Wildman–Crippen LogP) is 3.15. The zero-order chi connectivity index (χ0) is 12.5. The van der Waals surface area contributed by atoms with E-state index in [4.69, 9.17) is 0 Å². The molecule has 0 radical (unpaired) electrons. The van der Waals surface area contributed by atoms with E-state index in [1.165, 1.54) is 17.7 Å². The van der Waals surface area contributed by atoms with Gasteiger partial charge < -0.3 is 5.32 Å². The summed E-state index contributed by atoms with van der Waals surface area (Å²) >= 11 is 0. The molecular weight excluding hydrogens is 213 g/mol. The zero-order valence-corrected chi connectivity index (χ0v) is 10.6. The van der Waals surface area contributed by atoms with Crippen molar-refractivity contribution < 1.29 is 4.39 Å². The van der Waals surface area contributed by atoms with E-state index in [1.54, 1.807) is 0 Å². The number of likely N-dealkylation sites (N-methyl/N-ethyl adjacent to an activating group) is 1. The molecule has 17 heavy (non-hydrogen) atoms. The maximum absolute atomic E-state index is 12.8. The average molecular weight is 233 g/mol. The molecule has 92 valence electrons. The maximum Gasteiger partial charge on any atom is 0.123 e. The Kier molecular flexibility index (Phi) is 6.35. The summed E-state index contributed by atoms with van der Waals surface area (Å²) in [4.78, 5) is 0. The lowest BCUT2D eigenvalue weighted by Gasteiger charge is -2.16. The molecule has 1 unspecified atom stereocenters. The Balaban J connectivity index is 2.52. The highest BCUT2D eigenvalue weighted by Crippen LogP contribution is 2.09. The summed E-state index contributed by atoms with van der Waals surface area (Å²) in [7, 11) is 0. The van der Waals surface area contributed by atoms with E-state index in [1.807, 2.05) is 19.1 Å². The van der Waals surface area contributed by atoms with Gasteiger partial charge in [-0.25, -0.2) is 4.39 Å². The number of nitrogens with one attached hydrogen (secondary N) is 1. The van der Waals surface area contributed by atoms with E-state index >= 15 is 0 Å². The fourth-order valence-electron chi connectivity index (χ4n) is 1.84. The molecule has 0 spiro atoms. The van der Waals surface area contributed by atoms with Crippen molar-refractivity contribution >= 4 is 0 Å². The van der Waals surface area contributed by atoms with Gasteiger partial charge in [0.25, 0.3) is 0 Å². The standard InChI is InChI=1S/C15H20FN/c1-3-5-6-7-15(17-4-2)12-13-8-10-14(16)11-9-13/h8-11,15,17H,4,6-7,12H2,1-2H3. The zero-order valence-electron chi connectivity index (χ0n) is 10.6. The highest BCUT2D eigenvalue weighted by Gasteiger charge is 2.07. The summed E-state index contributed by atoms with van der Waals surface area (Å²) < 4.78 is 12.8. The molecule has 0 amide bonds. The molecular formula is C15H20FN. The third-order valence-corrected chi connectivity index (χ3v) is 2.68. The molecule has 0 aromatic heterocycles. The second kappa shape index (κ2) is 7.86. The first kappa shape index (κ1) is 13.7. The van der Waals surface area contributed by atoms with Gasteiger partial charge >= 0.3 is 0 Å². The molecule has 0 saturated carbocycles. The van der Waals surface area contributed by atoms with Crippen molar-refractivity contribution in [3.8, 4) is 11.8 Å². The minimum Gasteiger partial charge on any atom is -0.314 e. The van der Waals surface area contributed by atoms with Crippen LogP contribution in [0, 0.1) is 17.7 Å². The van der Waals surface area contributed by atoms with E-state index in [0.29, 0.717) is 6.04 Å². The van der Waals surface area contributed by atoms with E-state index in [9.17, 15) is 4.39 Å². The SMILES string of the molecule is CC#CCCC(Cc1ccc(F)cc1)NCC. The van der Waals surface area contributed by atoms with Crippen LogP contribution in [0.5, 0.6) is 0 Å². The number of hydrogen-bond donors (Lipinski definition) is 1. The first-order chi connectivity index (χ1) is 8.26. The molecule has 2 heteroatoms. The average Bonchev–Trinajstić information content (AvgIpc) is 2.32. The van der Waals surface area contributed by atoms with E-state index < -0.39 is 0 Å². The smallest absolute Gasteiger partial charge is 0.123 e. The van der Waals surface area contributed by atoms with Crippen LogP contribution in [-0.4, -0.2) is 12.6 Å². The van der Waals surface area contributed by atoms with Crippen LogP contribution in [0.4, 0.5) is 4.39 Å². The third-order valence-electron chi connectivity index (χ3n) is 2.68. The van der Waals surface area contributed by atoms with Gasteiger partial charge in [-0.1, -0.05) is 19.1 Å². The largest absolute Gasteiger partial charge is 0.314 e. The molecule has 1 aromatic rings. The van der Waals surface area contributed by atoms with Gasteiger partial charge in [0.1, 0.15) is 5.82 Å². The Morgan fingerprint density at radius 1 is 1.29 bits per heavy atom. The van der Waals surface area contributed by atoms with Gasteiger partial charge in [0.15, 0.2) is 0 Å². The Morgan fingerprint density at radius 2 is 2.00 bits per heavy atom. The molecule has 0 saturated heterocycles. The lowest BCUT2D eigenvalue weighted by atomic mass is 10.0. The molecule has 0 aliphatic rings. The van der Waals surface area contributed by atoms with Crippen LogP contribution in [0.15, 0.2) is 24.3 Å². The van der Waals surface area contributed by atoms with Crippen LogP contribution in [0.25, 0.3) is 0 Å². The number of halogens is 1. The number of benzene rings is 1. The highest BCUT2D eigenvalue weighted by molar-refractivity contribution is 5.17. The second-order valence-corrected chi connectivity index (χ2v) is 4.05. The van der Waals surface area contributed by atoms with Gasteiger partial charge in [0, 0.05) is 12.5 Å². The minimum absolute atomic E-state index is 0.175. The topological polar surface area (TPSA) is 12.0 Å². The normalized spacial score (nSPS) is 11.7. The number of hydrogen-bond acceptors (Lipinski definition) is 1.